The summed E-state index contributed by atoms with van der Waals surface area (Å²) >= 11 is 1.53. The van der Waals surface area contributed by atoms with Crippen molar-refractivity contribution in [1.82, 2.24) is 10.6 Å². The molecular formula is C18H20N2O4S. The standard InChI is InChI=1S/C18H20N2O4S/c1-12-5-6-14(8-13(12)2)18(23)20-10-17(22)24-11-16(21)19-9-15-4-3-7-25-15/h3-8H,9-11H2,1-2H3,(H,19,21)(H,20,23). The summed E-state index contributed by atoms with van der Waals surface area (Å²) in [6.07, 6.45) is 0. The first-order chi connectivity index (χ1) is 12.0. The number of hydrogen-bond acceptors (Lipinski definition) is 5. The van der Waals surface area contributed by atoms with E-state index in [1.807, 2.05) is 37.4 Å². The Morgan fingerprint density at radius 2 is 1.88 bits per heavy atom. The highest BCUT2D eigenvalue weighted by molar-refractivity contribution is 7.09. The lowest BCUT2D eigenvalue weighted by molar-refractivity contribution is -0.147. The fourth-order valence-electron chi connectivity index (χ4n) is 1.98. The highest BCUT2D eigenvalue weighted by atomic mass is 32.1. The minimum absolute atomic E-state index is 0.288. The predicted octanol–water partition coefficient (Wildman–Crippen LogP) is 1.95. The van der Waals surface area contributed by atoms with E-state index in [0.29, 0.717) is 12.1 Å². The molecule has 1 aromatic carbocycles. The van der Waals surface area contributed by atoms with Gasteiger partial charge in [0.15, 0.2) is 6.61 Å². The van der Waals surface area contributed by atoms with E-state index < -0.39 is 5.97 Å². The van der Waals surface area contributed by atoms with Crippen molar-refractivity contribution in [2.75, 3.05) is 13.2 Å². The van der Waals surface area contributed by atoms with Gasteiger partial charge >= 0.3 is 5.97 Å². The van der Waals surface area contributed by atoms with E-state index in [1.165, 1.54) is 11.3 Å². The van der Waals surface area contributed by atoms with Gasteiger partial charge in [-0.05, 0) is 48.6 Å². The van der Waals surface area contributed by atoms with Gasteiger partial charge in [-0.15, -0.1) is 11.3 Å². The fraction of sp³-hybridized carbons (Fsp3) is 0.278. The third-order valence-corrected chi connectivity index (χ3v) is 4.44. The summed E-state index contributed by atoms with van der Waals surface area (Å²) in [5.74, 6) is -1.41. The molecule has 2 aromatic rings. The second-order valence-corrected chi connectivity index (χ2v) is 6.53. The van der Waals surface area contributed by atoms with E-state index in [-0.39, 0.29) is 25.0 Å². The first kappa shape index (κ1) is 18.7. The number of thiophene rings is 1. The fourth-order valence-corrected chi connectivity index (χ4v) is 2.63. The van der Waals surface area contributed by atoms with Gasteiger partial charge in [0, 0.05) is 10.4 Å². The third kappa shape index (κ3) is 6.04. The molecule has 0 atom stereocenters. The quantitative estimate of drug-likeness (QED) is 0.739. The first-order valence-corrected chi connectivity index (χ1v) is 8.64. The van der Waals surface area contributed by atoms with Crippen LogP contribution in [0.3, 0.4) is 0 Å². The third-order valence-electron chi connectivity index (χ3n) is 3.57. The molecule has 7 heteroatoms. The Labute approximate surface area is 150 Å². The van der Waals surface area contributed by atoms with Gasteiger partial charge in [-0.3, -0.25) is 14.4 Å². The van der Waals surface area contributed by atoms with E-state index in [4.69, 9.17) is 4.74 Å². The summed E-state index contributed by atoms with van der Waals surface area (Å²) in [7, 11) is 0. The van der Waals surface area contributed by atoms with E-state index in [2.05, 4.69) is 10.6 Å². The average Bonchev–Trinajstić information content (AvgIpc) is 3.12. The monoisotopic (exact) mass is 360 g/mol. The van der Waals surface area contributed by atoms with Gasteiger partial charge in [0.2, 0.25) is 0 Å². The van der Waals surface area contributed by atoms with Gasteiger partial charge in [0.25, 0.3) is 11.8 Å². The van der Waals surface area contributed by atoms with Crippen molar-refractivity contribution in [3.8, 4) is 0 Å². The molecule has 0 bridgehead atoms. The molecule has 0 radical (unpaired) electrons. The Kier molecular flexibility index (Phi) is 6.71. The summed E-state index contributed by atoms with van der Waals surface area (Å²) in [5, 5.41) is 7.05. The Morgan fingerprint density at radius 3 is 2.56 bits per heavy atom. The van der Waals surface area contributed by atoms with Crippen molar-refractivity contribution in [3.05, 3.63) is 57.3 Å². The van der Waals surface area contributed by atoms with Crippen LogP contribution in [0.15, 0.2) is 35.7 Å². The molecule has 0 aliphatic carbocycles. The molecule has 0 aliphatic rings. The summed E-state index contributed by atoms with van der Waals surface area (Å²) in [6, 6.07) is 9.10. The van der Waals surface area contributed by atoms with Gasteiger partial charge in [-0.25, -0.2) is 0 Å². The highest BCUT2D eigenvalue weighted by Gasteiger charge is 2.11. The second kappa shape index (κ2) is 8.98. The maximum Gasteiger partial charge on any atom is 0.325 e. The van der Waals surface area contributed by atoms with Crippen LogP contribution in [-0.2, 0) is 20.9 Å². The minimum atomic E-state index is -0.663. The number of carbonyl (C=O) groups excluding carboxylic acids is 3. The Hall–Kier alpha value is -2.67. The van der Waals surface area contributed by atoms with Crippen LogP contribution < -0.4 is 10.6 Å². The molecule has 0 saturated carbocycles. The number of benzene rings is 1. The van der Waals surface area contributed by atoms with Crippen molar-refractivity contribution in [3.63, 3.8) is 0 Å². The number of nitrogens with one attached hydrogen (secondary N) is 2. The van der Waals surface area contributed by atoms with Gasteiger partial charge in [-0.1, -0.05) is 12.1 Å². The molecule has 2 N–H and O–H groups in total. The molecule has 0 unspecified atom stereocenters. The normalized spacial score (nSPS) is 10.2. The second-order valence-electron chi connectivity index (χ2n) is 5.50. The largest absolute Gasteiger partial charge is 0.454 e. The Balaban J connectivity index is 1.68. The van der Waals surface area contributed by atoms with E-state index in [1.54, 1.807) is 12.1 Å². The number of rotatable bonds is 7. The number of hydrogen-bond donors (Lipinski definition) is 2. The van der Waals surface area contributed by atoms with Crippen LogP contribution in [0.25, 0.3) is 0 Å². The lowest BCUT2D eigenvalue weighted by Crippen LogP contribution is -2.33. The van der Waals surface area contributed by atoms with Gasteiger partial charge in [0.05, 0.1) is 6.54 Å². The predicted molar refractivity (Wildman–Crippen MR) is 95.4 cm³/mol. The number of amides is 2. The van der Waals surface area contributed by atoms with Crippen LogP contribution in [0.4, 0.5) is 0 Å². The molecule has 2 rings (SSSR count). The van der Waals surface area contributed by atoms with Crippen molar-refractivity contribution >= 4 is 29.1 Å². The SMILES string of the molecule is Cc1ccc(C(=O)NCC(=O)OCC(=O)NCc2cccs2)cc1C. The molecular weight excluding hydrogens is 340 g/mol. The van der Waals surface area contributed by atoms with Crippen LogP contribution in [0.2, 0.25) is 0 Å². The molecule has 2 amide bonds. The van der Waals surface area contributed by atoms with Crippen molar-refractivity contribution in [2.24, 2.45) is 0 Å². The molecule has 0 saturated heterocycles. The van der Waals surface area contributed by atoms with Crippen LogP contribution in [-0.4, -0.2) is 30.9 Å². The topological polar surface area (TPSA) is 84.5 Å². The van der Waals surface area contributed by atoms with Crippen LogP contribution >= 0.6 is 11.3 Å². The molecule has 0 fully saturated rings. The van der Waals surface area contributed by atoms with E-state index in [9.17, 15) is 14.4 Å². The number of aryl methyl sites for hydroxylation is 2. The average molecular weight is 360 g/mol. The number of carbonyl (C=O) groups is 3. The maximum absolute atomic E-state index is 12.0. The molecule has 1 aromatic heterocycles. The molecule has 132 valence electrons. The molecule has 0 spiro atoms. The van der Waals surface area contributed by atoms with Gasteiger partial charge in [-0.2, -0.15) is 0 Å². The minimum Gasteiger partial charge on any atom is -0.454 e. The molecule has 6 nitrogen and oxygen atoms in total. The zero-order valence-electron chi connectivity index (χ0n) is 14.1. The maximum atomic E-state index is 12.0. The molecule has 25 heavy (non-hydrogen) atoms. The zero-order valence-corrected chi connectivity index (χ0v) is 14.9. The Bertz CT molecular complexity index is 756. The molecule has 1 heterocycles. The van der Waals surface area contributed by atoms with Crippen molar-refractivity contribution in [1.29, 1.82) is 0 Å². The number of esters is 1. The summed E-state index contributed by atoms with van der Waals surface area (Å²) in [6.45, 7) is 3.61. The summed E-state index contributed by atoms with van der Waals surface area (Å²) in [5.41, 5.74) is 2.56. The first-order valence-electron chi connectivity index (χ1n) is 7.76. The zero-order chi connectivity index (χ0) is 18.2. The van der Waals surface area contributed by atoms with Gasteiger partial charge in [0.1, 0.15) is 6.54 Å². The smallest absolute Gasteiger partial charge is 0.325 e. The van der Waals surface area contributed by atoms with Crippen LogP contribution in [0, 0.1) is 13.8 Å². The lowest BCUT2D eigenvalue weighted by Gasteiger charge is -2.08. The molecule has 0 aliphatic heterocycles. The van der Waals surface area contributed by atoms with E-state index >= 15 is 0 Å². The van der Waals surface area contributed by atoms with Gasteiger partial charge < -0.3 is 15.4 Å². The Morgan fingerprint density at radius 1 is 1.08 bits per heavy atom. The summed E-state index contributed by atoms with van der Waals surface area (Å²) in [4.78, 5) is 36.2. The summed E-state index contributed by atoms with van der Waals surface area (Å²) < 4.78 is 4.84. The van der Waals surface area contributed by atoms with Crippen molar-refractivity contribution < 1.29 is 19.1 Å². The lowest BCUT2D eigenvalue weighted by atomic mass is 10.1. The highest BCUT2D eigenvalue weighted by Crippen LogP contribution is 2.09. The van der Waals surface area contributed by atoms with Crippen molar-refractivity contribution in [2.45, 2.75) is 20.4 Å². The van der Waals surface area contributed by atoms with E-state index in [0.717, 1.165) is 16.0 Å². The van der Waals surface area contributed by atoms with Crippen LogP contribution in [0.5, 0.6) is 0 Å². The van der Waals surface area contributed by atoms with Crippen LogP contribution in [0.1, 0.15) is 26.4 Å². The number of ether oxygens (including phenoxy) is 1.